The van der Waals surface area contributed by atoms with Gasteiger partial charge in [-0.1, -0.05) is 78.3 Å². The Labute approximate surface area is 244 Å². The van der Waals surface area contributed by atoms with Crippen molar-refractivity contribution in [3.63, 3.8) is 0 Å². The minimum atomic E-state index is -0.469. The fraction of sp³-hybridized carbons (Fsp3) is 0.286. The van der Waals surface area contributed by atoms with Crippen molar-refractivity contribution >= 4 is 39.8 Å². The van der Waals surface area contributed by atoms with Crippen molar-refractivity contribution in [3.8, 4) is 0 Å². The molecule has 3 aromatic carbocycles. The molecule has 3 aliphatic rings. The Hall–Kier alpha value is -4.36. The van der Waals surface area contributed by atoms with Crippen LogP contribution in [0.25, 0.3) is 28.1 Å². The third-order valence-corrected chi connectivity index (χ3v) is 8.50. The van der Waals surface area contributed by atoms with E-state index in [1.807, 2.05) is 30.4 Å². The van der Waals surface area contributed by atoms with Gasteiger partial charge in [0.05, 0.1) is 23.0 Å². The third kappa shape index (κ3) is 5.21. The fourth-order valence-corrected chi connectivity index (χ4v) is 6.14. The minimum Gasteiger partial charge on any atom is -0.356 e. The summed E-state index contributed by atoms with van der Waals surface area (Å²) in [6.07, 6.45) is 10.1. The van der Waals surface area contributed by atoms with E-state index in [2.05, 4.69) is 69.7 Å². The molecule has 1 saturated heterocycles. The summed E-state index contributed by atoms with van der Waals surface area (Å²) in [6, 6.07) is 25.0. The molecular formula is C35H32FN3O3. The van der Waals surface area contributed by atoms with Gasteiger partial charge >= 0.3 is 5.97 Å². The SMILES string of the molecule is O=C1CC(/C=C/c2ccc(/C(=C(\c3ccccc3)C3CCC3)c3ccc4c(c3)c(F)nn4C3CCCCO3)cc2)=NO1. The molecule has 7 rings (SSSR count). The van der Waals surface area contributed by atoms with Crippen LogP contribution in [-0.2, 0) is 14.4 Å². The summed E-state index contributed by atoms with van der Waals surface area (Å²) in [4.78, 5) is 16.0. The average molecular weight is 562 g/mol. The summed E-state index contributed by atoms with van der Waals surface area (Å²) in [5, 5.41) is 8.59. The van der Waals surface area contributed by atoms with Crippen LogP contribution >= 0.6 is 0 Å². The quantitative estimate of drug-likeness (QED) is 0.170. The first kappa shape index (κ1) is 26.5. The molecule has 0 bridgehead atoms. The van der Waals surface area contributed by atoms with Crippen LogP contribution < -0.4 is 0 Å². The van der Waals surface area contributed by atoms with Crippen LogP contribution in [0.3, 0.4) is 0 Å². The van der Waals surface area contributed by atoms with Crippen LogP contribution in [0.5, 0.6) is 0 Å². The van der Waals surface area contributed by atoms with E-state index in [-0.39, 0.29) is 18.6 Å². The smallest absolute Gasteiger partial charge is 0.341 e. The molecule has 7 heteroatoms. The van der Waals surface area contributed by atoms with Crippen molar-refractivity contribution < 1.29 is 18.8 Å². The van der Waals surface area contributed by atoms with Crippen molar-refractivity contribution in [2.75, 3.05) is 6.61 Å². The normalized spacial score (nSPS) is 20.0. The zero-order valence-electron chi connectivity index (χ0n) is 23.3. The number of rotatable bonds is 7. The van der Waals surface area contributed by atoms with Gasteiger partial charge in [0.15, 0.2) is 6.23 Å². The molecule has 0 radical (unpaired) electrons. The van der Waals surface area contributed by atoms with Crippen molar-refractivity contribution in [3.05, 3.63) is 107 Å². The van der Waals surface area contributed by atoms with Crippen LogP contribution in [0.2, 0.25) is 0 Å². The van der Waals surface area contributed by atoms with Gasteiger partial charge in [-0.2, -0.15) is 4.39 Å². The molecule has 1 unspecified atom stereocenters. The summed E-state index contributed by atoms with van der Waals surface area (Å²) >= 11 is 0. The first-order valence-electron chi connectivity index (χ1n) is 14.8. The Morgan fingerprint density at radius 3 is 2.38 bits per heavy atom. The number of benzene rings is 3. The summed E-state index contributed by atoms with van der Waals surface area (Å²) in [7, 11) is 0. The molecule has 2 fully saturated rings. The molecule has 6 nitrogen and oxygen atoms in total. The third-order valence-electron chi connectivity index (χ3n) is 8.50. The van der Waals surface area contributed by atoms with E-state index in [1.165, 1.54) is 17.6 Å². The number of carbonyl (C=O) groups is 1. The van der Waals surface area contributed by atoms with Gasteiger partial charge in [-0.25, -0.2) is 9.48 Å². The van der Waals surface area contributed by atoms with E-state index in [0.29, 0.717) is 23.6 Å². The van der Waals surface area contributed by atoms with Gasteiger partial charge in [0, 0.05) is 6.61 Å². The largest absolute Gasteiger partial charge is 0.356 e. The Bertz CT molecular complexity index is 1710. The van der Waals surface area contributed by atoms with E-state index in [4.69, 9.17) is 4.74 Å². The molecule has 1 aliphatic carbocycles. The standard InChI is InChI=1S/C35H32FN3O3/c36-35-29-21-27(17-19-30(29)39(37-35)31-11-4-5-20-41-31)34(33(25-9-6-10-25)24-7-2-1-3-8-24)26-15-12-23(13-16-26)14-18-28-22-32(40)42-38-28/h1-3,7-8,12-19,21,25,31H,4-6,9-11,20,22H2/b18-14+,34-33-. The number of nitrogens with zero attached hydrogens (tertiary/aromatic N) is 3. The zero-order valence-corrected chi connectivity index (χ0v) is 23.3. The Morgan fingerprint density at radius 1 is 0.881 bits per heavy atom. The van der Waals surface area contributed by atoms with Crippen LogP contribution in [0.4, 0.5) is 4.39 Å². The minimum absolute atomic E-state index is 0.186. The molecule has 0 amide bonds. The van der Waals surface area contributed by atoms with Gasteiger partial charge in [-0.05, 0) is 89.6 Å². The van der Waals surface area contributed by atoms with E-state index in [0.717, 1.165) is 59.9 Å². The van der Waals surface area contributed by atoms with Gasteiger partial charge < -0.3 is 9.57 Å². The monoisotopic (exact) mass is 561 g/mol. The Balaban J connectivity index is 1.34. The molecular weight excluding hydrogens is 529 g/mol. The second-order valence-electron chi connectivity index (χ2n) is 11.2. The fourth-order valence-electron chi connectivity index (χ4n) is 6.14. The molecule has 212 valence electrons. The van der Waals surface area contributed by atoms with Gasteiger partial charge in [0.25, 0.3) is 0 Å². The second-order valence-corrected chi connectivity index (χ2v) is 11.2. The molecule has 2 aliphatic heterocycles. The number of fused-ring (bicyclic) bond motifs is 1. The van der Waals surface area contributed by atoms with Gasteiger partial charge in [-0.15, -0.1) is 5.10 Å². The van der Waals surface area contributed by atoms with Gasteiger partial charge in [-0.3, -0.25) is 0 Å². The van der Waals surface area contributed by atoms with Gasteiger partial charge in [0.2, 0.25) is 5.95 Å². The lowest BCUT2D eigenvalue weighted by Crippen LogP contribution is -2.19. The summed E-state index contributed by atoms with van der Waals surface area (Å²) in [5.74, 6) is -0.378. The molecule has 42 heavy (non-hydrogen) atoms. The molecule has 1 atom stereocenters. The lowest BCUT2D eigenvalue weighted by molar-refractivity contribution is -0.140. The summed E-state index contributed by atoms with van der Waals surface area (Å²) in [5.41, 5.74) is 7.98. The predicted molar refractivity (Wildman–Crippen MR) is 162 cm³/mol. The second kappa shape index (κ2) is 11.5. The van der Waals surface area contributed by atoms with E-state index < -0.39 is 5.95 Å². The number of aromatic nitrogens is 2. The van der Waals surface area contributed by atoms with Crippen molar-refractivity contribution in [2.24, 2.45) is 11.1 Å². The van der Waals surface area contributed by atoms with Crippen LogP contribution in [0, 0.1) is 11.9 Å². The topological polar surface area (TPSA) is 65.7 Å². The van der Waals surface area contributed by atoms with Crippen molar-refractivity contribution in [1.29, 1.82) is 0 Å². The number of hydrogen-bond acceptors (Lipinski definition) is 5. The van der Waals surface area contributed by atoms with Crippen molar-refractivity contribution in [1.82, 2.24) is 9.78 Å². The van der Waals surface area contributed by atoms with Crippen LogP contribution in [0.15, 0.2) is 84.0 Å². The highest BCUT2D eigenvalue weighted by atomic mass is 19.1. The summed E-state index contributed by atoms with van der Waals surface area (Å²) in [6.45, 7) is 0.672. The van der Waals surface area contributed by atoms with E-state index in [9.17, 15) is 4.79 Å². The molecule has 0 spiro atoms. The van der Waals surface area contributed by atoms with E-state index >= 15 is 4.39 Å². The van der Waals surface area contributed by atoms with E-state index in [1.54, 1.807) is 4.68 Å². The van der Waals surface area contributed by atoms with Crippen LogP contribution in [0.1, 0.15) is 73.4 Å². The number of carbonyl (C=O) groups excluding carboxylic acids is 1. The highest BCUT2D eigenvalue weighted by Gasteiger charge is 2.28. The molecule has 4 aromatic rings. The number of oxime groups is 1. The average Bonchev–Trinajstić information content (AvgIpc) is 3.58. The first-order valence-corrected chi connectivity index (χ1v) is 14.8. The van der Waals surface area contributed by atoms with Crippen LogP contribution in [-0.4, -0.2) is 28.1 Å². The lowest BCUT2D eigenvalue weighted by Gasteiger charge is -2.31. The number of hydrogen-bond donors (Lipinski definition) is 0. The summed E-state index contributed by atoms with van der Waals surface area (Å²) < 4.78 is 23.1. The molecule has 0 N–H and O–H groups in total. The first-order chi connectivity index (χ1) is 20.6. The molecule has 1 aromatic heterocycles. The van der Waals surface area contributed by atoms with Gasteiger partial charge in [0.1, 0.15) is 0 Å². The lowest BCUT2D eigenvalue weighted by atomic mass is 9.73. The maximum Gasteiger partial charge on any atom is 0.341 e. The highest BCUT2D eigenvalue weighted by Crippen LogP contribution is 2.45. The number of halogens is 1. The zero-order chi connectivity index (χ0) is 28.5. The molecule has 1 saturated carbocycles. The predicted octanol–water partition coefficient (Wildman–Crippen LogP) is 7.95. The highest BCUT2D eigenvalue weighted by molar-refractivity contribution is 6.09. The number of allylic oxidation sites excluding steroid dienone is 2. The maximum atomic E-state index is 15.4. The van der Waals surface area contributed by atoms with Crippen molar-refractivity contribution in [2.45, 2.75) is 51.2 Å². The number of ether oxygens (including phenoxy) is 1. The maximum absolute atomic E-state index is 15.4. The Kier molecular flexibility index (Phi) is 7.26. The molecule has 3 heterocycles. The Morgan fingerprint density at radius 2 is 1.69 bits per heavy atom.